The third kappa shape index (κ3) is 5.81. The molecule has 1 heterocycles. The van der Waals surface area contributed by atoms with Crippen LogP contribution in [-0.2, 0) is 0 Å². The van der Waals surface area contributed by atoms with Gasteiger partial charge in [-0.1, -0.05) is 84.9 Å². The van der Waals surface area contributed by atoms with Crippen molar-refractivity contribution >= 4 is 33.6 Å². The maximum atomic E-state index is 8.49. The van der Waals surface area contributed by atoms with E-state index in [0.717, 1.165) is 21.9 Å². The minimum Gasteiger partial charge on any atom is -0.222 e. The van der Waals surface area contributed by atoms with Crippen molar-refractivity contribution in [1.29, 1.82) is 0 Å². The van der Waals surface area contributed by atoms with Gasteiger partial charge in [0.05, 0.1) is 10.8 Å². The number of halogens is 1. The Bertz CT molecular complexity index is 1290. The summed E-state index contributed by atoms with van der Waals surface area (Å²) >= 11 is 0. The van der Waals surface area contributed by atoms with E-state index in [1.807, 2.05) is 24.3 Å². The van der Waals surface area contributed by atoms with Crippen LogP contribution < -0.4 is 18.6 Å². The summed E-state index contributed by atoms with van der Waals surface area (Å²) in [6.45, 7) is 0. The standard InChI is InChI=1S/C27H19O.ClHO4/c1-3-11-20(12-4-1)24(21-13-5-2-6-14-21)19-25-22-15-7-9-17-26(22)28-27-18-10-8-16-23(25)27;2-1(3,4)5/h1-19H;(H,2,3,4,5)/q+1;/p-1. The molecule has 0 spiro atoms. The molecule has 0 bridgehead atoms. The first-order chi connectivity index (χ1) is 15.9. The van der Waals surface area contributed by atoms with E-state index in [-0.39, 0.29) is 0 Å². The molecule has 0 amide bonds. The first-order valence-electron chi connectivity index (χ1n) is 10.1. The van der Waals surface area contributed by atoms with Gasteiger partial charge in [-0.25, -0.2) is 23.1 Å². The van der Waals surface area contributed by atoms with Gasteiger partial charge < -0.3 is 0 Å². The molecule has 0 fully saturated rings. The highest BCUT2D eigenvalue weighted by atomic mass is 35.7. The lowest BCUT2D eigenvalue weighted by Crippen LogP contribution is -2.68. The van der Waals surface area contributed by atoms with E-state index in [9.17, 15) is 0 Å². The van der Waals surface area contributed by atoms with Crippen LogP contribution in [-0.4, -0.2) is 0 Å². The molecule has 0 radical (unpaired) electrons. The molecule has 5 aromatic rings. The van der Waals surface area contributed by atoms with Crippen LogP contribution in [0.3, 0.4) is 0 Å². The second-order valence-corrected chi connectivity index (χ2v) is 7.93. The van der Waals surface area contributed by atoms with E-state index >= 15 is 0 Å². The molecule has 5 rings (SSSR count). The molecule has 0 unspecified atom stereocenters. The summed E-state index contributed by atoms with van der Waals surface area (Å²) in [6, 6.07) is 37.6. The van der Waals surface area contributed by atoms with E-state index < -0.39 is 10.2 Å². The number of para-hydroxylation sites is 2. The Morgan fingerprint density at radius 3 is 1.33 bits per heavy atom. The molecule has 0 aliphatic rings. The van der Waals surface area contributed by atoms with Crippen LogP contribution in [0, 0.1) is 10.2 Å². The van der Waals surface area contributed by atoms with Crippen molar-refractivity contribution in [1.82, 2.24) is 0 Å². The van der Waals surface area contributed by atoms with Gasteiger partial charge in [0.1, 0.15) is 0 Å². The van der Waals surface area contributed by atoms with E-state index in [2.05, 4.69) is 91.0 Å². The fourth-order valence-electron chi connectivity index (χ4n) is 3.69. The molecule has 0 saturated carbocycles. The highest BCUT2D eigenvalue weighted by molar-refractivity contribution is 6.06. The van der Waals surface area contributed by atoms with Crippen LogP contribution in [0.2, 0.25) is 0 Å². The van der Waals surface area contributed by atoms with Crippen molar-refractivity contribution in [2.45, 2.75) is 0 Å². The average Bonchev–Trinajstić information content (AvgIpc) is 2.82. The zero-order valence-electron chi connectivity index (χ0n) is 17.4. The Kier molecular flexibility index (Phi) is 6.79. The Labute approximate surface area is 192 Å². The van der Waals surface area contributed by atoms with Crippen LogP contribution in [0.1, 0.15) is 16.7 Å². The molecule has 33 heavy (non-hydrogen) atoms. The van der Waals surface area contributed by atoms with Crippen molar-refractivity contribution in [3.05, 3.63) is 126 Å². The fourth-order valence-corrected chi connectivity index (χ4v) is 3.69. The first kappa shape index (κ1) is 22.6. The lowest BCUT2D eigenvalue weighted by molar-refractivity contribution is -2.00. The van der Waals surface area contributed by atoms with Crippen molar-refractivity contribution in [2.24, 2.45) is 0 Å². The molecule has 0 atom stereocenters. The third-order valence-corrected chi connectivity index (χ3v) is 5.03. The highest BCUT2D eigenvalue weighted by Crippen LogP contribution is 2.33. The maximum absolute atomic E-state index is 8.49. The lowest BCUT2D eigenvalue weighted by atomic mass is 9.93. The number of benzene rings is 4. The van der Waals surface area contributed by atoms with Crippen LogP contribution in [0.5, 0.6) is 0 Å². The normalized spacial score (nSPS) is 11.0. The SMILES string of the molecule is C(=C(c1ccccc1)c1ccccc1)c1c2ccccc2[o+]c2ccccc12.[O-][Cl+3]([O-])([O-])[O-]. The first-order valence-corrected chi connectivity index (χ1v) is 11.3. The van der Waals surface area contributed by atoms with Gasteiger partial charge >= 0.3 is 11.2 Å². The summed E-state index contributed by atoms with van der Waals surface area (Å²) in [5, 5.41) is 2.23. The number of hydrogen-bond donors (Lipinski definition) is 0. The van der Waals surface area contributed by atoms with Crippen LogP contribution >= 0.6 is 0 Å². The van der Waals surface area contributed by atoms with Gasteiger partial charge in [0, 0.05) is 17.7 Å². The van der Waals surface area contributed by atoms with Crippen molar-refractivity contribution < 1.29 is 33.3 Å². The van der Waals surface area contributed by atoms with Gasteiger partial charge in [-0.15, -0.1) is 10.2 Å². The minimum absolute atomic E-state index is 0.896. The van der Waals surface area contributed by atoms with E-state index in [0.29, 0.717) is 0 Å². The summed E-state index contributed by atoms with van der Waals surface area (Å²) in [7, 11) is -4.94. The maximum Gasteiger partial charge on any atom is 0.361 e. The molecule has 0 aliphatic carbocycles. The zero-order valence-corrected chi connectivity index (χ0v) is 18.1. The molecule has 1 aromatic heterocycles. The predicted octanol–water partition coefficient (Wildman–Crippen LogP) is 2.70. The molecule has 0 aliphatic heterocycles. The Balaban J connectivity index is 0.000000471. The number of fused-ring (bicyclic) bond motifs is 2. The summed E-state index contributed by atoms with van der Waals surface area (Å²) in [4.78, 5) is 0. The molecule has 4 aromatic carbocycles. The van der Waals surface area contributed by atoms with E-state index in [1.165, 1.54) is 22.3 Å². The Morgan fingerprint density at radius 1 is 0.545 bits per heavy atom. The lowest BCUT2D eigenvalue weighted by Gasteiger charge is -2.17. The van der Waals surface area contributed by atoms with E-state index in [1.54, 1.807) is 0 Å². The molecular weight excluding hydrogens is 440 g/mol. The summed E-state index contributed by atoms with van der Waals surface area (Å²) in [5.74, 6) is 0. The number of hydrogen-bond acceptors (Lipinski definition) is 4. The topological polar surface area (TPSA) is 104 Å². The van der Waals surface area contributed by atoms with Gasteiger partial charge in [-0.3, -0.25) is 0 Å². The summed E-state index contributed by atoms with van der Waals surface area (Å²) in [6.07, 6.45) is 2.30. The quantitative estimate of drug-likeness (QED) is 0.305. The smallest absolute Gasteiger partial charge is 0.222 e. The molecule has 164 valence electrons. The Morgan fingerprint density at radius 2 is 0.909 bits per heavy atom. The average molecular weight is 459 g/mol. The minimum atomic E-state index is -4.94. The molecule has 6 heteroatoms. The van der Waals surface area contributed by atoms with Gasteiger partial charge in [0.15, 0.2) is 0 Å². The third-order valence-electron chi connectivity index (χ3n) is 5.03. The van der Waals surface area contributed by atoms with Crippen molar-refractivity contribution in [3.63, 3.8) is 0 Å². The van der Waals surface area contributed by atoms with E-state index in [4.69, 9.17) is 23.1 Å². The van der Waals surface area contributed by atoms with Gasteiger partial charge in [0.25, 0.3) is 0 Å². The predicted molar refractivity (Wildman–Crippen MR) is 118 cm³/mol. The van der Waals surface area contributed by atoms with Gasteiger partial charge in [0.2, 0.25) is 0 Å². The second kappa shape index (κ2) is 9.92. The van der Waals surface area contributed by atoms with Crippen LogP contribution in [0.15, 0.2) is 114 Å². The fraction of sp³-hybridized carbons (Fsp3) is 0. The molecular formula is C27H19ClO5. The number of rotatable bonds is 3. The van der Waals surface area contributed by atoms with Crippen molar-refractivity contribution in [2.75, 3.05) is 0 Å². The van der Waals surface area contributed by atoms with Crippen LogP contribution in [0.25, 0.3) is 33.6 Å². The highest BCUT2D eigenvalue weighted by Gasteiger charge is 2.18. The molecule has 0 saturated heterocycles. The summed E-state index contributed by atoms with van der Waals surface area (Å²) < 4.78 is 40.1. The largest absolute Gasteiger partial charge is 0.361 e. The summed E-state index contributed by atoms with van der Waals surface area (Å²) in [5.41, 5.74) is 6.56. The molecule has 5 nitrogen and oxygen atoms in total. The van der Waals surface area contributed by atoms with Gasteiger partial charge in [-0.2, -0.15) is 0 Å². The van der Waals surface area contributed by atoms with Gasteiger partial charge in [-0.05, 0) is 34.9 Å². The van der Waals surface area contributed by atoms with Crippen molar-refractivity contribution in [3.8, 4) is 0 Å². The molecule has 0 N–H and O–H groups in total. The zero-order chi connectivity index (χ0) is 23.3. The monoisotopic (exact) mass is 458 g/mol. The van der Waals surface area contributed by atoms with Crippen LogP contribution in [0.4, 0.5) is 0 Å². The Hall–Kier alpha value is -3.58. The second-order valence-electron chi connectivity index (χ2n) is 7.18.